The third-order valence-electron chi connectivity index (χ3n) is 6.68. The lowest BCUT2D eigenvalue weighted by Gasteiger charge is -2.31. The van der Waals surface area contributed by atoms with Crippen molar-refractivity contribution in [1.29, 1.82) is 0 Å². The van der Waals surface area contributed by atoms with Gasteiger partial charge in [0.25, 0.3) is 0 Å². The topological polar surface area (TPSA) is 92.5 Å². The zero-order valence-electron chi connectivity index (χ0n) is 21.2. The molecule has 2 heterocycles. The molecular weight excluding hydrogens is 474 g/mol. The van der Waals surface area contributed by atoms with Crippen molar-refractivity contribution >= 4 is 33.8 Å². The molecule has 36 heavy (non-hydrogen) atoms. The van der Waals surface area contributed by atoms with E-state index in [9.17, 15) is 13.2 Å². The second-order valence-corrected chi connectivity index (χ2v) is 11.2. The van der Waals surface area contributed by atoms with Gasteiger partial charge in [0.05, 0.1) is 5.92 Å². The summed E-state index contributed by atoms with van der Waals surface area (Å²) in [5.41, 5.74) is 5.25. The summed E-state index contributed by atoms with van der Waals surface area (Å²) in [5.74, 6) is -0.405. The monoisotopic (exact) mass is 507 g/mol. The molecule has 1 saturated heterocycles. The van der Waals surface area contributed by atoms with Crippen molar-refractivity contribution in [3.05, 3.63) is 76.2 Å². The summed E-state index contributed by atoms with van der Waals surface area (Å²) in [5, 5.41) is 7.00. The smallest absolute Gasteiger partial charge is 0.248 e. The second kappa shape index (κ2) is 10.8. The normalized spacial score (nSPS) is 16.9. The molecule has 1 fully saturated rings. The number of amides is 1. The van der Waals surface area contributed by atoms with Crippen molar-refractivity contribution in [2.24, 2.45) is 5.92 Å². The Kier molecular flexibility index (Phi) is 7.76. The first-order chi connectivity index (χ1) is 17.2. The average molecular weight is 508 g/mol. The van der Waals surface area contributed by atoms with Crippen molar-refractivity contribution in [2.45, 2.75) is 51.9 Å². The summed E-state index contributed by atoms with van der Waals surface area (Å²) in [6.45, 7) is 8.11. The van der Waals surface area contributed by atoms with Crippen molar-refractivity contribution in [3.63, 3.8) is 0 Å². The predicted molar refractivity (Wildman–Crippen MR) is 142 cm³/mol. The Bertz CT molecular complexity index is 1370. The first-order valence-electron chi connectivity index (χ1n) is 12.3. The second-order valence-electron chi connectivity index (χ2n) is 9.36. The Balaban J connectivity index is 1.54. The van der Waals surface area contributed by atoms with Gasteiger partial charge in [0, 0.05) is 18.8 Å². The van der Waals surface area contributed by atoms with Crippen LogP contribution in [0.4, 0.5) is 5.69 Å². The van der Waals surface area contributed by atoms with E-state index in [1.165, 1.54) is 4.31 Å². The molecule has 0 bridgehead atoms. The molecule has 7 nitrogen and oxygen atoms in total. The highest BCUT2D eigenvalue weighted by molar-refractivity contribution is 7.89. The summed E-state index contributed by atoms with van der Waals surface area (Å²) >= 11 is 0. The molecule has 0 saturated carbocycles. The number of benzene rings is 2. The number of nitrogens with one attached hydrogen (secondary N) is 1. The van der Waals surface area contributed by atoms with Gasteiger partial charge < -0.3 is 9.84 Å². The van der Waals surface area contributed by atoms with E-state index in [1.54, 1.807) is 19.1 Å². The number of aryl methyl sites for hydroxylation is 4. The standard InChI is InChI=1S/C28H33N3O4S/c1-5-23-9-6-8-20(3)26(23)29-28(32)24-10-7-17-31(18-24)36(33,34)27-21(4)30-35-25(27)16-15-22-13-11-19(2)12-14-22/h6,8-9,11-16,24H,5,7,10,17-18H2,1-4H3,(H,29,32). The van der Waals surface area contributed by atoms with Crippen LogP contribution < -0.4 is 5.32 Å². The van der Waals surface area contributed by atoms with Crippen LogP contribution in [0.3, 0.4) is 0 Å². The van der Waals surface area contributed by atoms with Gasteiger partial charge in [-0.05, 0) is 62.8 Å². The molecule has 1 unspecified atom stereocenters. The highest BCUT2D eigenvalue weighted by atomic mass is 32.2. The average Bonchev–Trinajstić information content (AvgIpc) is 3.26. The van der Waals surface area contributed by atoms with Crippen molar-refractivity contribution < 1.29 is 17.7 Å². The SMILES string of the molecule is CCc1cccc(C)c1NC(=O)C1CCCN(S(=O)(=O)c2c(C)noc2C=Cc2ccc(C)cc2)C1. The van der Waals surface area contributed by atoms with Gasteiger partial charge in [-0.15, -0.1) is 0 Å². The first kappa shape index (κ1) is 25.9. The number of sulfonamides is 1. The summed E-state index contributed by atoms with van der Waals surface area (Å²) < 4.78 is 34.2. The van der Waals surface area contributed by atoms with E-state index in [0.29, 0.717) is 25.1 Å². The Morgan fingerprint density at radius 1 is 1.14 bits per heavy atom. The first-order valence-corrected chi connectivity index (χ1v) is 13.7. The van der Waals surface area contributed by atoms with Crippen LogP contribution in [-0.4, -0.2) is 36.9 Å². The van der Waals surface area contributed by atoms with Gasteiger partial charge in [-0.2, -0.15) is 4.31 Å². The number of carbonyl (C=O) groups excluding carboxylic acids is 1. The number of anilines is 1. The molecule has 0 aliphatic carbocycles. The summed E-state index contributed by atoms with van der Waals surface area (Å²) in [4.78, 5) is 13.2. The van der Waals surface area contributed by atoms with E-state index < -0.39 is 15.9 Å². The van der Waals surface area contributed by atoms with Gasteiger partial charge in [-0.25, -0.2) is 8.42 Å². The predicted octanol–water partition coefficient (Wildman–Crippen LogP) is 5.37. The van der Waals surface area contributed by atoms with Crippen LogP contribution in [0, 0.1) is 26.7 Å². The fraction of sp³-hybridized carbons (Fsp3) is 0.357. The fourth-order valence-electron chi connectivity index (χ4n) is 4.58. The van der Waals surface area contributed by atoms with Gasteiger partial charge in [0.15, 0.2) is 10.7 Å². The Hall–Kier alpha value is -3.23. The van der Waals surface area contributed by atoms with E-state index in [0.717, 1.165) is 34.4 Å². The van der Waals surface area contributed by atoms with Crippen LogP contribution in [0.25, 0.3) is 12.2 Å². The lowest BCUT2D eigenvalue weighted by atomic mass is 9.98. The number of para-hydroxylation sites is 1. The lowest BCUT2D eigenvalue weighted by Crippen LogP contribution is -2.44. The van der Waals surface area contributed by atoms with Crippen LogP contribution in [0.1, 0.15) is 53.5 Å². The molecule has 1 amide bonds. The third-order valence-corrected chi connectivity index (χ3v) is 8.70. The molecule has 1 aliphatic rings. The van der Waals surface area contributed by atoms with E-state index in [2.05, 4.69) is 10.5 Å². The zero-order chi connectivity index (χ0) is 25.9. The van der Waals surface area contributed by atoms with Gasteiger partial charge in [-0.1, -0.05) is 66.2 Å². The quantitative estimate of drug-likeness (QED) is 0.464. The highest BCUT2D eigenvalue weighted by Gasteiger charge is 2.37. The molecule has 4 rings (SSSR count). The van der Waals surface area contributed by atoms with Crippen molar-refractivity contribution in [3.8, 4) is 0 Å². The number of rotatable bonds is 7. The fourth-order valence-corrected chi connectivity index (χ4v) is 6.35. The molecule has 190 valence electrons. The lowest BCUT2D eigenvalue weighted by molar-refractivity contribution is -0.120. The Morgan fingerprint density at radius 3 is 2.61 bits per heavy atom. The zero-order valence-corrected chi connectivity index (χ0v) is 22.1. The number of nitrogens with zero attached hydrogens (tertiary/aromatic N) is 2. The maximum atomic E-state index is 13.7. The van der Waals surface area contributed by atoms with Gasteiger partial charge >= 0.3 is 0 Å². The van der Waals surface area contributed by atoms with Gasteiger partial charge in [0.1, 0.15) is 5.69 Å². The summed E-state index contributed by atoms with van der Waals surface area (Å²) in [6.07, 6.45) is 5.47. The van der Waals surface area contributed by atoms with Crippen LogP contribution in [0.2, 0.25) is 0 Å². The molecule has 1 aromatic heterocycles. The largest absolute Gasteiger partial charge is 0.355 e. The molecule has 1 atom stereocenters. The summed E-state index contributed by atoms with van der Waals surface area (Å²) in [6, 6.07) is 13.8. The van der Waals surface area contributed by atoms with E-state index >= 15 is 0 Å². The minimum absolute atomic E-state index is 0.0547. The highest BCUT2D eigenvalue weighted by Crippen LogP contribution is 2.30. The van der Waals surface area contributed by atoms with Crippen LogP contribution in [0.5, 0.6) is 0 Å². The number of aromatic nitrogens is 1. The molecule has 8 heteroatoms. The number of carbonyl (C=O) groups is 1. The van der Waals surface area contributed by atoms with Crippen molar-refractivity contribution in [2.75, 3.05) is 18.4 Å². The molecule has 2 aromatic carbocycles. The number of hydrogen-bond donors (Lipinski definition) is 1. The molecule has 0 radical (unpaired) electrons. The Morgan fingerprint density at radius 2 is 1.89 bits per heavy atom. The molecule has 0 spiro atoms. The van der Waals surface area contributed by atoms with E-state index in [1.807, 2.05) is 63.2 Å². The maximum Gasteiger partial charge on any atom is 0.248 e. The van der Waals surface area contributed by atoms with Gasteiger partial charge in [-0.3, -0.25) is 4.79 Å². The van der Waals surface area contributed by atoms with E-state index in [4.69, 9.17) is 4.52 Å². The molecule has 3 aromatic rings. The maximum absolute atomic E-state index is 13.7. The number of piperidine rings is 1. The van der Waals surface area contributed by atoms with Crippen molar-refractivity contribution in [1.82, 2.24) is 9.46 Å². The molecule has 1 N–H and O–H groups in total. The third kappa shape index (κ3) is 5.44. The van der Waals surface area contributed by atoms with Crippen LogP contribution >= 0.6 is 0 Å². The molecular formula is C28H33N3O4S. The minimum Gasteiger partial charge on any atom is -0.355 e. The number of hydrogen-bond acceptors (Lipinski definition) is 5. The van der Waals surface area contributed by atoms with Crippen LogP contribution in [-0.2, 0) is 21.2 Å². The van der Waals surface area contributed by atoms with Gasteiger partial charge in [0.2, 0.25) is 15.9 Å². The van der Waals surface area contributed by atoms with Crippen LogP contribution in [0.15, 0.2) is 51.9 Å². The summed E-state index contributed by atoms with van der Waals surface area (Å²) in [7, 11) is -3.91. The molecule has 1 aliphatic heterocycles. The Labute approximate surface area is 213 Å². The minimum atomic E-state index is -3.91. The van der Waals surface area contributed by atoms with E-state index in [-0.39, 0.29) is 23.1 Å².